The van der Waals surface area contributed by atoms with E-state index in [-0.39, 0.29) is 5.69 Å². The first-order valence-corrected chi connectivity index (χ1v) is 3.59. The van der Waals surface area contributed by atoms with Crippen LogP contribution in [0.5, 0.6) is 0 Å². The molecule has 0 aliphatic rings. The average molecular weight is 217 g/mol. The molecule has 1 aromatic heterocycles. The zero-order chi connectivity index (χ0) is 8.43. The fraction of sp³-hybridized carbons (Fsp3) is 0. The summed E-state index contributed by atoms with van der Waals surface area (Å²) in [7, 11) is 0. The van der Waals surface area contributed by atoms with Gasteiger partial charge in [-0.2, -0.15) is 0 Å². The Morgan fingerprint density at radius 1 is 1.82 bits per heavy atom. The first kappa shape index (κ1) is 8.00. The molecule has 0 saturated carbocycles. The van der Waals surface area contributed by atoms with Crippen LogP contribution in [0, 0.1) is 10.1 Å². The van der Waals surface area contributed by atoms with Gasteiger partial charge in [-0.05, 0) is 15.9 Å². The van der Waals surface area contributed by atoms with E-state index in [0.717, 1.165) is 0 Å². The van der Waals surface area contributed by atoms with Crippen molar-refractivity contribution in [3.8, 4) is 0 Å². The molecule has 0 atom stereocenters. The summed E-state index contributed by atoms with van der Waals surface area (Å²) >= 11 is 3.13. The van der Waals surface area contributed by atoms with E-state index in [1.807, 2.05) is 0 Å². The van der Waals surface area contributed by atoms with Crippen LogP contribution in [0.2, 0.25) is 0 Å². The fourth-order valence-corrected chi connectivity index (χ4v) is 1.16. The molecular weight excluding hydrogens is 212 g/mol. The fourth-order valence-electron chi connectivity index (χ4n) is 0.678. The number of rotatable bonds is 2. The summed E-state index contributed by atoms with van der Waals surface area (Å²) in [5.41, 5.74) is 0.0526. The van der Waals surface area contributed by atoms with Gasteiger partial charge >= 0.3 is 0 Å². The van der Waals surface area contributed by atoms with Crippen molar-refractivity contribution >= 4 is 27.8 Å². The van der Waals surface area contributed by atoms with Crippen LogP contribution in [0.15, 0.2) is 23.4 Å². The third-order valence-corrected chi connectivity index (χ3v) is 1.83. The maximum absolute atomic E-state index is 10.2. The van der Waals surface area contributed by atoms with Gasteiger partial charge in [0.15, 0.2) is 0 Å². The predicted molar refractivity (Wildman–Crippen MR) is 45.2 cm³/mol. The molecular formula is C6H5BrN2O2. The standard InChI is InChI=1S/C6H5BrN2O2/c1-2-8-4-5(9(10)11)3-6(8)7/h2-4H,1H2. The van der Waals surface area contributed by atoms with Crippen molar-refractivity contribution in [3.63, 3.8) is 0 Å². The van der Waals surface area contributed by atoms with Gasteiger partial charge in [-0.1, -0.05) is 6.58 Å². The van der Waals surface area contributed by atoms with Crippen molar-refractivity contribution < 1.29 is 4.92 Å². The quantitative estimate of drug-likeness (QED) is 0.563. The number of aromatic nitrogens is 1. The van der Waals surface area contributed by atoms with Crippen molar-refractivity contribution in [1.29, 1.82) is 0 Å². The lowest BCUT2D eigenvalue weighted by molar-refractivity contribution is -0.384. The van der Waals surface area contributed by atoms with Gasteiger partial charge in [0.25, 0.3) is 5.69 Å². The van der Waals surface area contributed by atoms with Crippen LogP contribution >= 0.6 is 15.9 Å². The number of hydrogen-bond acceptors (Lipinski definition) is 2. The molecule has 0 bridgehead atoms. The van der Waals surface area contributed by atoms with E-state index >= 15 is 0 Å². The summed E-state index contributed by atoms with van der Waals surface area (Å²) in [6, 6.07) is 1.42. The van der Waals surface area contributed by atoms with Crippen LogP contribution in [-0.4, -0.2) is 9.49 Å². The van der Waals surface area contributed by atoms with Crippen LogP contribution in [0.3, 0.4) is 0 Å². The van der Waals surface area contributed by atoms with Crippen LogP contribution in [0.1, 0.15) is 0 Å². The van der Waals surface area contributed by atoms with E-state index in [1.165, 1.54) is 23.0 Å². The SMILES string of the molecule is C=Cn1cc([N+](=O)[O-])cc1Br. The highest BCUT2D eigenvalue weighted by Gasteiger charge is 2.09. The number of halogens is 1. The van der Waals surface area contributed by atoms with Gasteiger partial charge in [0.2, 0.25) is 0 Å². The van der Waals surface area contributed by atoms with Crippen LogP contribution in [0.25, 0.3) is 6.20 Å². The Hall–Kier alpha value is -1.10. The summed E-state index contributed by atoms with van der Waals surface area (Å²) in [6.07, 6.45) is 2.87. The first-order valence-electron chi connectivity index (χ1n) is 2.79. The summed E-state index contributed by atoms with van der Waals surface area (Å²) in [5, 5.41) is 10.2. The molecule has 0 unspecified atom stereocenters. The highest BCUT2D eigenvalue weighted by atomic mass is 79.9. The Bertz CT molecular complexity index is 306. The molecule has 4 nitrogen and oxygen atoms in total. The molecule has 0 N–H and O–H groups in total. The Morgan fingerprint density at radius 2 is 2.45 bits per heavy atom. The monoisotopic (exact) mass is 216 g/mol. The lowest BCUT2D eigenvalue weighted by Gasteiger charge is -1.89. The van der Waals surface area contributed by atoms with Crippen LogP contribution < -0.4 is 0 Å². The zero-order valence-corrected chi connectivity index (χ0v) is 7.11. The molecule has 0 aliphatic carbocycles. The topological polar surface area (TPSA) is 48.1 Å². The minimum atomic E-state index is -0.454. The lowest BCUT2D eigenvalue weighted by Crippen LogP contribution is -1.84. The summed E-state index contributed by atoms with van der Waals surface area (Å²) in [6.45, 7) is 3.47. The third-order valence-electron chi connectivity index (χ3n) is 1.19. The second-order valence-electron chi connectivity index (χ2n) is 1.87. The lowest BCUT2D eigenvalue weighted by atomic mass is 10.6. The molecule has 0 radical (unpaired) electrons. The van der Waals surface area contributed by atoms with E-state index in [4.69, 9.17) is 0 Å². The molecule has 1 heterocycles. The highest BCUT2D eigenvalue weighted by Crippen LogP contribution is 2.20. The van der Waals surface area contributed by atoms with Crippen LogP contribution in [-0.2, 0) is 0 Å². The Morgan fingerprint density at radius 3 is 2.73 bits per heavy atom. The first-order chi connectivity index (χ1) is 5.15. The van der Waals surface area contributed by atoms with Gasteiger partial charge in [-0.15, -0.1) is 0 Å². The van der Waals surface area contributed by atoms with Crippen molar-refractivity contribution in [2.24, 2.45) is 0 Å². The Labute approximate surface area is 71.4 Å². The Balaban J connectivity index is 3.14. The largest absolute Gasteiger partial charge is 0.312 e. The smallest absolute Gasteiger partial charge is 0.288 e. The highest BCUT2D eigenvalue weighted by molar-refractivity contribution is 9.10. The summed E-state index contributed by atoms with van der Waals surface area (Å²) < 4.78 is 2.15. The van der Waals surface area contributed by atoms with Crippen molar-refractivity contribution in [3.05, 3.63) is 33.6 Å². The van der Waals surface area contributed by atoms with Gasteiger partial charge in [0.1, 0.15) is 0 Å². The van der Waals surface area contributed by atoms with Gasteiger partial charge in [-0.25, -0.2) is 0 Å². The number of nitro groups is 1. The van der Waals surface area contributed by atoms with E-state index < -0.39 is 4.92 Å². The van der Waals surface area contributed by atoms with E-state index in [2.05, 4.69) is 22.5 Å². The molecule has 58 valence electrons. The predicted octanol–water partition coefficient (Wildman–Crippen LogP) is 2.26. The summed E-state index contributed by atoms with van der Waals surface area (Å²) in [4.78, 5) is 9.77. The Kier molecular flexibility index (Phi) is 2.09. The zero-order valence-electron chi connectivity index (χ0n) is 5.53. The van der Waals surface area contributed by atoms with Gasteiger partial charge < -0.3 is 4.57 Å². The van der Waals surface area contributed by atoms with E-state index in [0.29, 0.717) is 4.60 Å². The van der Waals surface area contributed by atoms with E-state index in [1.54, 1.807) is 0 Å². The molecule has 0 amide bonds. The second kappa shape index (κ2) is 2.87. The van der Waals surface area contributed by atoms with Gasteiger partial charge in [-0.3, -0.25) is 10.1 Å². The normalized spacial score (nSPS) is 9.55. The second-order valence-corrected chi connectivity index (χ2v) is 2.68. The minimum absolute atomic E-state index is 0.0526. The van der Waals surface area contributed by atoms with Crippen LogP contribution in [0.4, 0.5) is 5.69 Å². The van der Waals surface area contributed by atoms with Gasteiger partial charge in [0.05, 0.1) is 15.7 Å². The van der Waals surface area contributed by atoms with Crippen molar-refractivity contribution in [2.75, 3.05) is 0 Å². The number of nitrogens with zero attached hydrogens (tertiary/aromatic N) is 2. The molecule has 0 fully saturated rings. The minimum Gasteiger partial charge on any atom is -0.312 e. The van der Waals surface area contributed by atoms with Crippen molar-refractivity contribution in [1.82, 2.24) is 4.57 Å². The third kappa shape index (κ3) is 1.48. The van der Waals surface area contributed by atoms with Crippen molar-refractivity contribution in [2.45, 2.75) is 0 Å². The summed E-state index contributed by atoms with van der Waals surface area (Å²) in [5.74, 6) is 0. The molecule has 1 rings (SSSR count). The van der Waals surface area contributed by atoms with E-state index in [9.17, 15) is 10.1 Å². The molecule has 0 saturated heterocycles. The molecule has 11 heavy (non-hydrogen) atoms. The van der Waals surface area contributed by atoms with Gasteiger partial charge in [0, 0.05) is 12.3 Å². The molecule has 0 aromatic carbocycles. The maximum Gasteiger partial charge on any atom is 0.288 e. The molecule has 1 aromatic rings. The number of hydrogen-bond donors (Lipinski definition) is 0. The maximum atomic E-state index is 10.2. The average Bonchev–Trinajstić information content (AvgIpc) is 2.31. The molecule has 5 heteroatoms. The molecule has 0 aliphatic heterocycles. The molecule has 0 spiro atoms.